The summed E-state index contributed by atoms with van der Waals surface area (Å²) >= 11 is 0. The van der Waals surface area contributed by atoms with Crippen LogP contribution in [0.5, 0.6) is 0 Å². The molecule has 2 aliphatic carbocycles. The quantitative estimate of drug-likeness (QED) is 0.520. The molecule has 2 aliphatic rings. The van der Waals surface area contributed by atoms with E-state index < -0.39 is 0 Å². The van der Waals surface area contributed by atoms with Gasteiger partial charge in [0.2, 0.25) is 0 Å². The first-order valence-electron chi connectivity index (χ1n) is 2.81. The Labute approximate surface area is 82.3 Å². The summed E-state index contributed by atoms with van der Waals surface area (Å²) in [6, 6.07) is 0. The van der Waals surface area contributed by atoms with E-state index >= 15 is 0 Å². The Morgan fingerprint density at radius 3 is 1.11 bits per heavy atom. The van der Waals surface area contributed by atoms with Gasteiger partial charge in [-0.05, 0) is 0 Å². The third-order valence-electron chi connectivity index (χ3n) is 0.986. The Kier molecular flexibility index (Phi) is 4.34. The molecule has 0 aromatic rings. The van der Waals surface area contributed by atoms with E-state index in [0.29, 0.717) is 0 Å². The van der Waals surface area contributed by atoms with Gasteiger partial charge in [-0.25, -0.2) is 37.1 Å². The van der Waals surface area contributed by atoms with Crippen LogP contribution in [0.15, 0.2) is 23.3 Å². The predicted octanol–water partition coefficient (Wildman–Crippen LogP) is 2.30. The average molecular weight is 195 g/mol. The second-order valence-electron chi connectivity index (χ2n) is 2.13. The number of rotatable bonds is 0. The molecule has 0 N–H and O–H groups in total. The molecule has 0 saturated heterocycles. The van der Waals surface area contributed by atoms with Gasteiger partial charge in [0.15, 0.2) is 0 Å². The third kappa shape index (κ3) is 8.32. The Morgan fingerprint density at radius 2 is 1.11 bits per heavy atom. The SMILES string of the molecule is [CH2-]C1=CC1.[CH2-]C1=CC1.[Y+3]. The number of hydrogen-bond donors (Lipinski definition) is 0. The molecule has 0 bridgehead atoms. The van der Waals surface area contributed by atoms with Gasteiger partial charge < -0.3 is 0 Å². The fraction of sp³-hybridized carbons (Fsp3) is 0.250. The summed E-state index contributed by atoms with van der Waals surface area (Å²) in [7, 11) is 0. The van der Waals surface area contributed by atoms with Crippen LogP contribution in [0.25, 0.3) is 0 Å². The van der Waals surface area contributed by atoms with Crippen LogP contribution in [0, 0.1) is 13.8 Å². The van der Waals surface area contributed by atoms with E-state index in [2.05, 4.69) is 26.0 Å². The minimum Gasteiger partial charge on any atom is -0.243 e. The van der Waals surface area contributed by atoms with Crippen LogP contribution in [-0.2, 0) is 32.7 Å². The van der Waals surface area contributed by atoms with Crippen LogP contribution < -0.4 is 0 Å². The molecule has 9 heavy (non-hydrogen) atoms. The van der Waals surface area contributed by atoms with E-state index in [1.54, 1.807) is 0 Å². The maximum absolute atomic E-state index is 3.61. The normalized spacial score (nSPS) is 17.3. The van der Waals surface area contributed by atoms with Crippen LogP contribution in [0.4, 0.5) is 0 Å². The van der Waals surface area contributed by atoms with Gasteiger partial charge in [0.1, 0.15) is 0 Å². The summed E-state index contributed by atoms with van der Waals surface area (Å²) in [5.74, 6) is 0. The molecule has 0 heterocycles. The molecular weight excluding hydrogens is 185 g/mol. The monoisotopic (exact) mass is 195 g/mol. The Hall–Kier alpha value is 0.324. The topological polar surface area (TPSA) is 0 Å². The summed E-state index contributed by atoms with van der Waals surface area (Å²) in [5, 5.41) is 0. The fourth-order valence-corrected chi connectivity index (χ4v) is 0.144. The molecule has 1 heteroatoms. The van der Waals surface area contributed by atoms with Gasteiger partial charge >= 0.3 is 32.7 Å². The maximum atomic E-state index is 3.61. The fourth-order valence-electron chi connectivity index (χ4n) is 0.144. The average Bonchev–Trinajstić information content (AvgIpc) is 2.47. The third-order valence-corrected chi connectivity index (χ3v) is 0.986. The van der Waals surface area contributed by atoms with E-state index in [4.69, 9.17) is 0 Å². The number of allylic oxidation sites excluding steroid dienone is 4. The van der Waals surface area contributed by atoms with Crippen molar-refractivity contribution in [1.82, 2.24) is 0 Å². The van der Waals surface area contributed by atoms with E-state index in [9.17, 15) is 0 Å². The van der Waals surface area contributed by atoms with Gasteiger partial charge in [-0.15, -0.1) is 12.8 Å². The minimum absolute atomic E-state index is 0. The molecule has 0 saturated carbocycles. The van der Waals surface area contributed by atoms with Crippen LogP contribution in [0.1, 0.15) is 12.8 Å². The van der Waals surface area contributed by atoms with Crippen molar-refractivity contribution < 1.29 is 32.7 Å². The summed E-state index contributed by atoms with van der Waals surface area (Å²) < 4.78 is 0. The summed E-state index contributed by atoms with van der Waals surface area (Å²) in [6.07, 6.45) is 6.53. The van der Waals surface area contributed by atoms with E-state index in [1.807, 2.05) is 0 Å². The standard InChI is InChI=1S/2C4H5.Y/c2*1-4-2-3-4;/h2*2H,1,3H2;/q2*-1;+3. The molecule has 0 spiro atoms. The molecule has 44 valence electrons. The molecule has 0 unspecified atom stereocenters. The van der Waals surface area contributed by atoms with E-state index in [1.165, 1.54) is 24.0 Å². The summed E-state index contributed by atoms with van der Waals surface area (Å²) in [6.45, 7) is 7.22. The van der Waals surface area contributed by atoms with E-state index in [-0.39, 0.29) is 32.7 Å². The smallest absolute Gasteiger partial charge is 0.243 e. The van der Waals surface area contributed by atoms with Gasteiger partial charge in [-0.2, -0.15) is 0 Å². The zero-order chi connectivity index (χ0) is 5.98. The van der Waals surface area contributed by atoms with Crippen LogP contribution in [0.2, 0.25) is 0 Å². The van der Waals surface area contributed by atoms with Crippen molar-refractivity contribution >= 4 is 0 Å². The molecule has 2 rings (SSSR count). The zero-order valence-corrected chi connectivity index (χ0v) is 8.40. The van der Waals surface area contributed by atoms with Crippen molar-refractivity contribution in [2.75, 3.05) is 0 Å². The van der Waals surface area contributed by atoms with Crippen molar-refractivity contribution in [1.29, 1.82) is 0 Å². The zero-order valence-electron chi connectivity index (χ0n) is 5.56. The number of hydrogen-bond acceptors (Lipinski definition) is 0. The van der Waals surface area contributed by atoms with Crippen molar-refractivity contribution in [2.24, 2.45) is 0 Å². The summed E-state index contributed by atoms with van der Waals surface area (Å²) in [5.41, 5.74) is 2.58. The van der Waals surface area contributed by atoms with Gasteiger partial charge in [0.25, 0.3) is 0 Å². The molecule has 0 atom stereocenters. The largest absolute Gasteiger partial charge is 3.00 e. The van der Waals surface area contributed by atoms with Crippen molar-refractivity contribution in [3.05, 3.63) is 37.1 Å². The first-order valence-corrected chi connectivity index (χ1v) is 2.81. The van der Waals surface area contributed by atoms with Gasteiger partial charge in [-0.3, -0.25) is 0 Å². The van der Waals surface area contributed by atoms with Crippen molar-refractivity contribution in [2.45, 2.75) is 12.8 Å². The molecule has 0 aromatic heterocycles. The van der Waals surface area contributed by atoms with Crippen LogP contribution in [-0.4, -0.2) is 0 Å². The van der Waals surface area contributed by atoms with Crippen LogP contribution in [0.3, 0.4) is 0 Å². The minimum atomic E-state index is 0. The van der Waals surface area contributed by atoms with Gasteiger partial charge in [-0.1, -0.05) is 0 Å². The first kappa shape index (κ1) is 9.32. The summed E-state index contributed by atoms with van der Waals surface area (Å²) in [4.78, 5) is 0. The van der Waals surface area contributed by atoms with Gasteiger partial charge in [0.05, 0.1) is 0 Å². The predicted molar refractivity (Wildman–Crippen MR) is 36.1 cm³/mol. The second kappa shape index (κ2) is 4.19. The Morgan fingerprint density at radius 1 is 1.00 bits per heavy atom. The van der Waals surface area contributed by atoms with Gasteiger partial charge in [0, 0.05) is 0 Å². The molecule has 0 amide bonds. The maximum Gasteiger partial charge on any atom is 3.00 e. The second-order valence-corrected chi connectivity index (χ2v) is 2.13. The van der Waals surface area contributed by atoms with Crippen molar-refractivity contribution in [3.8, 4) is 0 Å². The molecule has 0 fully saturated rings. The van der Waals surface area contributed by atoms with Crippen molar-refractivity contribution in [3.63, 3.8) is 0 Å². The van der Waals surface area contributed by atoms with E-state index in [0.717, 1.165) is 0 Å². The Bertz CT molecular complexity index is 125. The molecule has 0 aliphatic heterocycles. The molecule has 0 radical (unpaired) electrons. The Balaban J connectivity index is 0.000000128. The molecule has 0 nitrogen and oxygen atoms in total. The molecular formula is C8H10Y+. The van der Waals surface area contributed by atoms with Crippen LogP contribution >= 0.6 is 0 Å². The molecule has 0 aromatic carbocycles. The first-order chi connectivity index (χ1) is 3.79.